The van der Waals surface area contributed by atoms with Crippen molar-refractivity contribution in [2.24, 2.45) is 10.8 Å². The van der Waals surface area contributed by atoms with Crippen LogP contribution in [0.1, 0.15) is 32.1 Å². The molecule has 0 aromatic heterocycles. The molecule has 118 valence electrons. The lowest BCUT2D eigenvalue weighted by molar-refractivity contribution is -0.153. The van der Waals surface area contributed by atoms with E-state index in [1.165, 1.54) is 0 Å². The van der Waals surface area contributed by atoms with Crippen LogP contribution in [-0.4, -0.2) is 31.7 Å². The van der Waals surface area contributed by atoms with Gasteiger partial charge < -0.3 is 4.74 Å². The summed E-state index contributed by atoms with van der Waals surface area (Å²) in [5, 5.41) is 8.09. The average Bonchev–Trinajstić information content (AvgIpc) is 3.30. The maximum Gasteiger partial charge on any atom is 0.317 e. The number of methoxy groups -OCH3 is 1. The maximum atomic E-state index is 12.1. The minimum Gasteiger partial charge on any atom is -0.468 e. The summed E-state index contributed by atoms with van der Waals surface area (Å²) in [6.45, 7) is 0. The van der Waals surface area contributed by atoms with Crippen LogP contribution in [0, 0.1) is 22.2 Å². The Balaban J connectivity index is 0.000000211. The molecule has 0 saturated heterocycles. The average molecular weight is 309 g/mol. The first-order valence-corrected chi connectivity index (χ1v) is 6.32. The molecule has 2 aliphatic rings. The van der Waals surface area contributed by atoms with Crippen LogP contribution < -0.4 is 0 Å². The van der Waals surface area contributed by atoms with Crippen molar-refractivity contribution in [2.75, 3.05) is 7.11 Å². The van der Waals surface area contributed by atoms with E-state index in [1.807, 2.05) is 0 Å². The predicted octanol–water partition coefficient (Wildman–Crippen LogP) is 2.72. The summed E-state index contributed by atoms with van der Waals surface area (Å²) in [7, 11) is 1.13. The van der Waals surface area contributed by atoms with E-state index >= 15 is 0 Å². The second-order valence-electron chi connectivity index (χ2n) is 5.16. The van der Waals surface area contributed by atoms with Gasteiger partial charge in [-0.15, -0.1) is 0 Å². The number of ketones is 1. The largest absolute Gasteiger partial charge is 0.468 e. The highest BCUT2D eigenvalue weighted by molar-refractivity contribution is 5.89. The van der Waals surface area contributed by atoms with Crippen molar-refractivity contribution in [1.29, 1.82) is 5.26 Å². The first kappa shape index (κ1) is 17.4. The topological polar surface area (TPSA) is 67.2 Å². The number of nitrogens with zero attached hydrogens (tertiary/aromatic N) is 1. The molecule has 2 fully saturated rings. The Morgan fingerprint density at radius 3 is 1.71 bits per heavy atom. The van der Waals surface area contributed by atoms with Crippen LogP contribution >= 0.6 is 0 Å². The monoisotopic (exact) mass is 309 g/mol. The molecule has 0 aromatic carbocycles. The minimum absolute atomic E-state index is 0.241. The smallest absolute Gasteiger partial charge is 0.317 e. The van der Waals surface area contributed by atoms with Gasteiger partial charge in [-0.1, -0.05) is 0 Å². The van der Waals surface area contributed by atoms with Gasteiger partial charge >= 0.3 is 5.97 Å². The van der Waals surface area contributed by atoms with Crippen LogP contribution in [0.4, 0.5) is 17.6 Å². The van der Waals surface area contributed by atoms with Crippen molar-refractivity contribution in [3.05, 3.63) is 0 Å². The number of ether oxygens (including phenoxy) is 1. The van der Waals surface area contributed by atoms with Crippen LogP contribution in [0.25, 0.3) is 0 Å². The second kappa shape index (κ2) is 6.41. The van der Waals surface area contributed by atoms with Crippen molar-refractivity contribution >= 4 is 11.8 Å². The van der Waals surface area contributed by atoms with Gasteiger partial charge in [-0.3, -0.25) is 9.59 Å². The molecular formula is C13H15F4NO3. The molecule has 0 aliphatic heterocycles. The van der Waals surface area contributed by atoms with Crippen molar-refractivity contribution in [2.45, 2.75) is 45.0 Å². The van der Waals surface area contributed by atoms with Gasteiger partial charge in [0.2, 0.25) is 0 Å². The zero-order valence-corrected chi connectivity index (χ0v) is 11.4. The molecule has 0 heterocycles. The minimum atomic E-state index is -2.59. The number of hydrogen-bond acceptors (Lipinski definition) is 4. The lowest BCUT2D eigenvalue weighted by Crippen LogP contribution is -2.24. The van der Waals surface area contributed by atoms with Crippen molar-refractivity contribution in [3.8, 4) is 6.07 Å². The molecule has 0 amide bonds. The zero-order valence-electron chi connectivity index (χ0n) is 11.4. The summed E-state index contributed by atoms with van der Waals surface area (Å²) >= 11 is 0. The third-order valence-electron chi connectivity index (χ3n) is 3.80. The fraction of sp³-hybridized carbons (Fsp3) is 0.769. The normalized spacial score (nSPS) is 20.1. The summed E-state index contributed by atoms with van der Waals surface area (Å²) in [6, 6.07) is 1.59. The second-order valence-corrected chi connectivity index (χ2v) is 5.16. The van der Waals surface area contributed by atoms with E-state index in [9.17, 15) is 27.2 Å². The van der Waals surface area contributed by atoms with Gasteiger partial charge in [0.05, 0.1) is 25.0 Å². The Bertz CT molecular complexity index is 451. The molecule has 0 spiro atoms. The predicted molar refractivity (Wildman–Crippen MR) is 62.6 cm³/mol. The quantitative estimate of drug-likeness (QED) is 0.578. The molecule has 2 aliphatic carbocycles. The van der Waals surface area contributed by atoms with Crippen LogP contribution in [0.3, 0.4) is 0 Å². The molecule has 0 radical (unpaired) electrons. The van der Waals surface area contributed by atoms with E-state index in [1.54, 1.807) is 6.07 Å². The highest BCUT2D eigenvalue weighted by atomic mass is 19.3. The molecule has 0 unspecified atom stereocenters. The van der Waals surface area contributed by atoms with Crippen molar-refractivity contribution in [3.63, 3.8) is 0 Å². The lowest BCUT2D eigenvalue weighted by Gasteiger charge is -2.09. The molecule has 21 heavy (non-hydrogen) atoms. The molecule has 0 atom stereocenters. The summed E-state index contributed by atoms with van der Waals surface area (Å²) < 4.78 is 52.5. The standard InChI is InChI=1S/C7H7F2NO.C6H8F2O2/c8-6(9)7(2-3-7)5(11)1-4-10;1-10-5(9)6(2-3-6)4(7)8/h6H,1-3H2;4H,2-3H2,1H3. The van der Waals surface area contributed by atoms with E-state index in [-0.39, 0.29) is 32.1 Å². The Morgan fingerprint density at radius 1 is 1.10 bits per heavy atom. The molecular weight excluding hydrogens is 294 g/mol. The number of Topliss-reactive ketones (excluding diaryl/α,β-unsaturated/α-hetero) is 1. The summed E-state index contributed by atoms with van der Waals surface area (Å²) in [6.07, 6.45) is -4.54. The molecule has 0 N–H and O–H groups in total. The van der Waals surface area contributed by atoms with Gasteiger partial charge in [0.15, 0.2) is 5.78 Å². The van der Waals surface area contributed by atoms with Gasteiger partial charge in [-0.25, -0.2) is 17.6 Å². The van der Waals surface area contributed by atoms with Gasteiger partial charge in [0.1, 0.15) is 5.41 Å². The molecule has 2 rings (SSSR count). The van der Waals surface area contributed by atoms with Crippen LogP contribution in [0.2, 0.25) is 0 Å². The maximum absolute atomic E-state index is 12.1. The number of rotatable bonds is 5. The Morgan fingerprint density at radius 2 is 1.52 bits per heavy atom. The Hall–Kier alpha value is -1.65. The first-order chi connectivity index (χ1) is 9.76. The molecule has 8 heteroatoms. The Kier molecular flexibility index (Phi) is 5.31. The Labute approximate surface area is 119 Å². The molecule has 4 nitrogen and oxygen atoms in total. The van der Waals surface area contributed by atoms with Crippen LogP contribution in [0.5, 0.6) is 0 Å². The zero-order chi connectivity index (χ0) is 16.3. The molecule has 2 saturated carbocycles. The van der Waals surface area contributed by atoms with E-state index in [0.717, 1.165) is 7.11 Å². The number of hydrogen-bond donors (Lipinski definition) is 0. The number of halogens is 4. The van der Waals surface area contributed by atoms with Gasteiger partial charge in [0.25, 0.3) is 12.9 Å². The first-order valence-electron chi connectivity index (χ1n) is 6.32. The van der Waals surface area contributed by atoms with Crippen LogP contribution in [-0.2, 0) is 14.3 Å². The number of carbonyl (C=O) groups excluding carboxylic acids is 2. The van der Waals surface area contributed by atoms with E-state index in [4.69, 9.17) is 5.26 Å². The number of esters is 1. The number of carbonyl (C=O) groups is 2. The molecule has 0 aromatic rings. The SMILES string of the molecule is COC(=O)C1(C(F)F)CC1.N#CCC(=O)C1(C(F)F)CC1. The van der Waals surface area contributed by atoms with Crippen molar-refractivity contribution in [1.82, 2.24) is 0 Å². The molecule has 0 bridgehead atoms. The third kappa shape index (κ3) is 3.52. The number of nitriles is 1. The van der Waals surface area contributed by atoms with Gasteiger partial charge in [-0.05, 0) is 25.7 Å². The highest BCUT2D eigenvalue weighted by Crippen LogP contribution is 2.52. The van der Waals surface area contributed by atoms with Gasteiger partial charge in [-0.2, -0.15) is 5.26 Å². The summed E-state index contributed by atoms with van der Waals surface area (Å²) in [4.78, 5) is 21.5. The van der Waals surface area contributed by atoms with Gasteiger partial charge in [0, 0.05) is 0 Å². The fourth-order valence-corrected chi connectivity index (χ4v) is 1.85. The fourth-order valence-electron chi connectivity index (χ4n) is 1.85. The van der Waals surface area contributed by atoms with E-state index < -0.39 is 35.4 Å². The van der Waals surface area contributed by atoms with E-state index in [0.29, 0.717) is 0 Å². The van der Waals surface area contributed by atoms with E-state index in [2.05, 4.69) is 4.74 Å². The lowest BCUT2D eigenvalue weighted by atomic mass is 10.00. The summed E-state index contributed by atoms with van der Waals surface area (Å²) in [5.41, 5.74) is -2.87. The summed E-state index contributed by atoms with van der Waals surface area (Å²) in [5.74, 6) is -1.38. The third-order valence-corrected chi connectivity index (χ3v) is 3.80. The highest BCUT2D eigenvalue weighted by Gasteiger charge is 2.58. The van der Waals surface area contributed by atoms with Crippen LogP contribution in [0.15, 0.2) is 0 Å². The van der Waals surface area contributed by atoms with Crippen molar-refractivity contribution < 1.29 is 31.9 Å². The number of alkyl halides is 4.